The van der Waals surface area contributed by atoms with Crippen LogP contribution in [0.1, 0.15) is 19.8 Å². The number of halogens is 1. The van der Waals surface area contributed by atoms with Crippen LogP contribution in [-0.4, -0.2) is 77.5 Å². The van der Waals surface area contributed by atoms with Gasteiger partial charge in [-0.3, -0.25) is 15.0 Å². The Kier molecular flexibility index (Phi) is 6.18. The molecule has 0 bridgehead atoms. The van der Waals surface area contributed by atoms with Crippen molar-refractivity contribution in [3.63, 3.8) is 0 Å². The van der Waals surface area contributed by atoms with Gasteiger partial charge in [0, 0.05) is 43.5 Å². The summed E-state index contributed by atoms with van der Waals surface area (Å²) < 4.78 is 0. The molecule has 0 spiro atoms. The number of rotatable bonds is 3. The fraction of sp³-hybridized carbons (Fsp3) is 0.611. The van der Waals surface area contributed by atoms with Crippen LogP contribution in [0, 0.1) is 10.1 Å². The maximum absolute atomic E-state index is 12.6. The van der Waals surface area contributed by atoms with Gasteiger partial charge in [0.1, 0.15) is 5.02 Å². The standard InChI is InChI=1S/C18H26ClN5O3/c1-13-12-22(9-10-23(13)15-5-7-21(2)8-6-15)18(25)20-14-3-4-16(19)17(11-14)24(26)27/h3-4,11,13,15H,5-10,12H2,1-2H3,(H,20,25)/t13-/m0/s1. The zero-order chi connectivity index (χ0) is 19.6. The molecule has 2 heterocycles. The Labute approximate surface area is 164 Å². The first-order chi connectivity index (χ1) is 12.8. The van der Waals surface area contributed by atoms with Gasteiger partial charge in [0.25, 0.3) is 5.69 Å². The number of carbonyl (C=O) groups excluding carboxylic acids is 1. The molecule has 0 unspecified atom stereocenters. The molecule has 148 valence electrons. The molecule has 0 saturated carbocycles. The highest BCUT2D eigenvalue weighted by molar-refractivity contribution is 6.32. The molecule has 2 aliphatic rings. The minimum absolute atomic E-state index is 0.0540. The molecule has 1 aromatic rings. The molecule has 2 fully saturated rings. The van der Waals surface area contributed by atoms with Crippen LogP contribution in [0.15, 0.2) is 18.2 Å². The molecule has 8 nitrogen and oxygen atoms in total. The van der Waals surface area contributed by atoms with Crippen LogP contribution < -0.4 is 5.32 Å². The van der Waals surface area contributed by atoms with Crippen molar-refractivity contribution in [1.29, 1.82) is 0 Å². The molecule has 1 atom stereocenters. The SMILES string of the molecule is C[C@H]1CN(C(=O)Nc2ccc(Cl)c([N+](=O)[O-])c2)CCN1C1CCN(C)CC1. The number of benzene rings is 1. The molecule has 9 heteroatoms. The van der Waals surface area contributed by atoms with Crippen LogP contribution in [0.3, 0.4) is 0 Å². The number of hydrogen-bond donors (Lipinski definition) is 1. The van der Waals surface area contributed by atoms with E-state index >= 15 is 0 Å². The summed E-state index contributed by atoms with van der Waals surface area (Å²) in [5.41, 5.74) is 0.163. The largest absolute Gasteiger partial charge is 0.322 e. The van der Waals surface area contributed by atoms with E-state index in [4.69, 9.17) is 11.6 Å². The van der Waals surface area contributed by atoms with Gasteiger partial charge in [-0.25, -0.2) is 4.79 Å². The highest BCUT2D eigenvalue weighted by atomic mass is 35.5. The van der Waals surface area contributed by atoms with Gasteiger partial charge in [-0.05, 0) is 52.0 Å². The number of nitrogens with one attached hydrogen (secondary N) is 1. The van der Waals surface area contributed by atoms with Crippen molar-refractivity contribution in [2.75, 3.05) is 45.1 Å². The van der Waals surface area contributed by atoms with E-state index in [0.29, 0.717) is 24.8 Å². The van der Waals surface area contributed by atoms with Gasteiger partial charge in [0.15, 0.2) is 0 Å². The second-order valence-electron chi connectivity index (χ2n) is 7.42. The van der Waals surface area contributed by atoms with E-state index in [9.17, 15) is 14.9 Å². The number of carbonyl (C=O) groups is 1. The molecule has 1 aromatic carbocycles. The lowest BCUT2D eigenvalue weighted by atomic mass is 10.0. The number of amides is 2. The first-order valence-electron chi connectivity index (χ1n) is 9.29. The molecule has 0 aliphatic carbocycles. The average molecular weight is 396 g/mol. The van der Waals surface area contributed by atoms with Crippen LogP contribution >= 0.6 is 11.6 Å². The van der Waals surface area contributed by atoms with E-state index in [1.165, 1.54) is 25.0 Å². The zero-order valence-electron chi connectivity index (χ0n) is 15.7. The van der Waals surface area contributed by atoms with Crippen LogP contribution in [0.2, 0.25) is 5.02 Å². The van der Waals surface area contributed by atoms with Crippen LogP contribution in [0.25, 0.3) is 0 Å². The molecule has 2 amide bonds. The third-order valence-electron chi connectivity index (χ3n) is 5.52. The normalized spacial score (nSPS) is 22.6. The quantitative estimate of drug-likeness (QED) is 0.628. The smallest absolute Gasteiger partial charge is 0.321 e. The maximum atomic E-state index is 12.6. The average Bonchev–Trinajstić information content (AvgIpc) is 2.64. The van der Waals surface area contributed by atoms with Gasteiger partial charge < -0.3 is 15.1 Å². The van der Waals surface area contributed by atoms with Crippen molar-refractivity contribution in [3.05, 3.63) is 33.3 Å². The van der Waals surface area contributed by atoms with Crippen LogP contribution in [0.5, 0.6) is 0 Å². The first kappa shape index (κ1) is 19.9. The van der Waals surface area contributed by atoms with Gasteiger partial charge in [0.2, 0.25) is 0 Å². The summed E-state index contributed by atoms with van der Waals surface area (Å²) in [7, 11) is 2.16. The highest BCUT2D eigenvalue weighted by Crippen LogP contribution is 2.28. The Morgan fingerprint density at radius 2 is 1.96 bits per heavy atom. The molecule has 2 saturated heterocycles. The summed E-state index contributed by atoms with van der Waals surface area (Å²) in [6.45, 7) is 6.54. The highest BCUT2D eigenvalue weighted by Gasteiger charge is 2.32. The van der Waals surface area contributed by atoms with Crippen LogP contribution in [0.4, 0.5) is 16.2 Å². The van der Waals surface area contributed by atoms with Crippen molar-refractivity contribution in [2.45, 2.75) is 31.8 Å². The Hall–Kier alpha value is -1.90. The van der Waals surface area contributed by atoms with Crippen molar-refractivity contribution >= 4 is 29.0 Å². The summed E-state index contributed by atoms with van der Waals surface area (Å²) >= 11 is 5.82. The topological polar surface area (TPSA) is 82.0 Å². The summed E-state index contributed by atoms with van der Waals surface area (Å²) in [6, 6.07) is 4.93. The van der Waals surface area contributed by atoms with Gasteiger partial charge >= 0.3 is 6.03 Å². The lowest BCUT2D eigenvalue weighted by Crippen LogP contribution is -2.58. The summed E-state index contributed by atoms with van der Waals surface area (Å²) in [5.74, 6) is 0. The number of piperidine rings is 1. The lowest BCUT2D eigenvalue weighted by Gasteiger charge is -2.46. The predicted molar refractivity (Wildman–Crippen MR) is 105 cm³/mol. The van der Waals surface area contributed by atoms with Crippen molar-refractivity contribution in [1.82, 2.24) is 14.7 Å². The second-order valence-corrected chi connectivity index (χ2v) is 7.83. The number of nitrogens with zero attached hydrogens (tertiary/aromatic N) is 4. The number of urea groups is 1. The number of nitro benzene ring substituents is 1. The third-order valence-corrected chi connectivity index (χ3v) is 5.84. The molecular weight excluding hydrogens is 370 g/mol. The van der Waals surface area contributed by atoms with Gasteiger partial charge in [0.05, 0.1) is 4.92 Å². The monoisotopic (exact) mass is 395 g/mol. The first-order valence-corrected chi connectivity index (χ1v) is 9.67. The summed E-state index contributed by atoms with van der Waals surface area (Å²) in [6.07, 6.45) is 2.34. The molecule has 3 rings (SSSR count). The lowest BCUT2D eigenvalue weighted by molar-refractivity contribution is -0.384. The Balaban J connectivity index is 1.58. The molecule has 2 aliphatic heterocycles. The molecule has 27 heavy (non-hydrogen) atoms. The third kappa shape index (κ3) is 4.69. The van der Waals surface area contributed by atoms with Gasteiger partial charge in [-0.1, -0.05) is 11.6 Å². The van der Waals surface area contributed by atoms with Crippen LogP contribution in [-0.2, 0) is 0 Å². The minimum Gasteiger partial charge on any atom is -0.322 e. The van der Waals surface area contributed by atoms with Crippen molar-refractivity contribution < 1.29 is 9.72 Å². The second kappa shape index (κ2) is 8.41. The van der Waals surface area contributed by atoms with Gasteiger partial charge in [-0.2, -0.15) is 0 Å². The Morgan fingerprint density at radius 1 is 1.26 bits per heavy atom. The van der Waals surface area contributed by atoms with Crippen molar-refractivity contribution in [3.8, 4) is 0 Å². The minimum atomic E-state index is -0.555. The Morgan fingerprint density at radius 3 is 2.59 bits per heavy atom. The summed E-state index contributed by atoms with van der Waals surface area (Å²) in [4.78, 5) is 29.7. The number of likely N-dealkylation sites (tertiary alicyclic amines) is 1. The van der Waals surface area contributed by atoms with E-state index in [2.05, 4.69) is 29.1 Å². The van der Waals surface area contributed by atoms with E-state index in [1.54, 1.807) is 11.0 Å². The van der Waals surface area contributed by atoms with Gasteiger partial charge in [-0.15, -0.1) is 0 Å². The van der Waals surface area contributed by atoms with E-state index < -0.39 is 4.92 Å². The van der Waals surface area contributed by atoms with Crippen molar-refractivity contribution in [2.24, 2.45) is 0 Å². The molecule has 0 radical (unpaired) electrons. The molecule has 1 N–H and O–H groups in total. The fourth-order valence-electron chi connectivity index (χ4n) is 3.96. The zero-order valence-corrected chi connectivity index (χ0v) is 16.5. The number of anilines is 1. The van der Waals surface area contributed by atoms with E-state index in [1.807, 2.05) is 0 Å². The Bertz CT molecular complexity index is 708. The number of nitro groups is 1. The molecular formula is C18H26ClN5O3. The number of hydrogen-bond acceptors (Lipinski definition) is 5. The fourth-order valence-corrected chi connectivity index (χ4v) is 4.14. The van der Waals surface area contributed by atoms with E-state index in [0.717, 1.165) is 19.6 Å². The maximum Gasteiger partial charge on any atom is 0.321 e. The number of piperazine rings is 1. The summed E-state index contributed by atoms with van der Waals surface area (Å²) in [5, 5.41) is 13.8. The predicted octanol–water partition coefficient (Wildman–Crippen LogP) is 2.88. The molecule has 0 aromatic heterocycles. The van der Waals surface area contributed by atoms with E-state index in [-0.39, 0.29) is 22.8 Å².